The first-order valence-corrected chi connectivity index (χ1v) is 10.2. The zero-order valence-corrected chi connectivity index (χ0v) is 17.5. The Hall–Kier alpha value is -3.28. The average molecular weight is 426 g/mol. The van der Waals surface area contributed by atoms with E-state index in [1.807, 2.05) is 12.1 Å². The Morgan fingerprint density at radius 3 is 2.30 bits per heavy atom. The summed E-state index contributed by atoms with van der Waals surface area (Å²) >= 11 is 1.77. The third-order valence-electron chi connectivity index (χ3n) is 4.20. The molecule has 7 nitrogen and oxygen atoms in total. The SMILES string of the molecule is CCNC(CC)N1c2ccccc2Sc2ccc(C#N)cc21.O=C(O)C=CC(=O)O. The average Bonchev–Trinajstić information content (AvgIpc) is 2.74. The quantitative estimate of drug-likeness (QED) is 0.590. The first-order valence-electron chi connectivity index (χ1n) is 9.38. The number of nitrogens with zero attached hydrogens (tertiary/aromatic N) is 2. The minimum Gasteiger partial charge on any atom is -0.478 e. The number of anilines is 2. The Labute approximate surface area is 179 Å². The van der Waals surface area contributed by atoms with Gasteiger partial charge < -0.3 is 15.1 Å². The van der Waals surface area contributed by atoms with Gasteiger partial charge in [0.1, 0.15) is 0 Å². The van der Waals surface area contributed by atoms with Crippen LogP contribution in [0.1, 0.15) is 25.8 Å². The lowest BCUT2D eigenvalue weighted by Gasteiger charge is -2.38. The second kappa shape index (κ2) is 11.0. The summed E-state index contributed by atoms with van der Waals surface area (Å²) in [5, 5.41) is 28.4. The van der Waals surface area contributed by atoms with Crippen LogP contribution in [-0.2, 0) is 9.59 Å². The summed E-state index contributed by atoms with van der Waals surface area (Å²) in [6, 6.07) is 16.7. The molecule has 1 heterocycles. The molecule has 0 aromatic heterocycles. The van der Waals surface area contributed by atoms with Gasteiger partial charge in [-0.2, -0.15) is 5.26 Å². The highest BCUT2D eigenvalue weighted by atomic mass is 32.2. The van der Waals surface area contributed by atoms with Gasteiger partial charge >= 0.3 is 11.9 Å². The lowest BCUT2D eigenvalue weighted by Crippen LogP contribution is -2.43. The molecule has 1 aliphatic rings. The lowest BCUT2D eigenvalue weighted by molar-refractivity contribution is -0.134. The molecule has 0 spiro atoms. The predicted molar refractivity (Wildman–Crippen MR) is 116 cm³/mol. The number of carboxylic acids is 2. The van der Waals surface area contributed by atoms with Crippen molar-refractivity contribution in [3.63, 3.8) is 0 Å². The molecular weight excluding hydrogens is 402 g/mol. The molecule has 3 rings (SSSR count). The summed E-state index contributed by atoms with van der Waals surface area (Å²) in [4.78, 5) is 23.9. The molecule has 1 atom stereocenters. The Morgan fingerprint density at radius 2 is 1.73 bits per heavy atom. The van der Waals surface area contributed by atoms with Crippen LogP contribution in [0.5, 0.6) is 0 Å². The van der Waals surface area contributed by atoms with Crippen molar-refractivity contribution >= 4 is 35.1 Å². The van der Waals surface area contributed by atoms with Crippen molar-refractivity contribution in [3.8, 4) is 6.07 Å². The van der Waals surface area contributed by atoms with Crippen molar-refractivity contribution in [1.82, 2.24) is 5.32 Å². The first kappa shape index (κ1) is 23.0. The number of carbonyl (C=O) groups is 2. The van der Waals surface area contributed by atoms with Crippen molar-refractivity contribution in [3.05, 3.63) is 60.2 Å². The van der Waals surface area contributed by atoms with Gasteiger partial charge in [-0.3, -0.25) is 5.32 Å². The fourth-order valence-corrected chi connectivity index (χ4v) is 4.04. The van der Waals surface area contributed by atoms with E-state index in [4.69, 9.17) is 10.2 Å². The van der Waals surface area contributed by atoms with Crippen molar-refractivity contribution in [2.24, 2.45) is 0 Å². The molecule has 0 bridgehead atoms. The molecule has 1 aliphatic heterocycles. The fourth-order valence-electron chi connectivity index (χ4n) is 2.98. The molecular formula is C22H23N3O4S. The number of para-hydroxylation sites is 1. The Kier molecular flexibility index (Phi) is 8.47. The van der Waals surface area contributed by atoms with E-state index < -0.39 is 11.9 Å². The number of fused-ring (bicyclic) bond motifs is 2. The van der Waals surface area contributed by atoms with Crippen LogP contribution in [0.4, 0.5) is 11.4 Å². The van der Waals surface area contributed by atoms with Gasteiger partial charge in [-0.25, -0.2) is 9.59 Å². The van der Waals surface area contributed by atoms with E-state index in [0.29, 0.717) is 17.7 Å². The maximum Gasteiger partial charge on any atom is 0.328 e. The highest BCUT2D eigenvalue weighted by Crippen LogP contribution is 2.49. The molecule has 2 aromatic carbocycles. The molecule has 0 aliphatic carbocycles. The standard InChI is InChI=1S/C18H19N3S.C4H4O4/c1-3-18(20-4-2)21-14-7-5-6-8-16(14)22-17-10-9-13(12-19)11-15(17)21;5-3(6)1-2-4(7)8/h5-11,18,20H,3-4H2,1-2H3;1-2H,(H,5,6)(H,7,8). The van der Waals surface area contributed by atoms with Crippen LogP contribution in [-0.4, -0.2) is 34.9 Å². The number of carboxylic acid groups (broad SMARTS) is 2. The summed E-state index contributed by atoms with van der Waals surface area (Å²) in [7, 11) is 0. The second-order valence-electron chi connectivity index (χ2n) is 6.23. The molecule has 0 fully saturated rings. The van der Waals surface area contributed by atoms with E-state index in [1.54, 1.807) is 11.8 Å². The molecule has 0 radical (unpaired) electrons. The number of nitrogens with one attached hydrogen (secondary N) is 1. The lowest BCUT2D eigenvalue weighted by atomic mass is 10.1. The van der Waals surface area contributed by atoms with Gasteiger partial charge in [0.15, 0.2) is 0 Å². The monoisotopic (exact) mass is 425 g/mol. The molecule has 1 unspecified atom stereocenters. The van der Waals surface area contributed by atoms with Gasteiger partial charge in [0.2, 0.25) is 0 Å². The second-order valence-corrected chi connectivity index (χ2v) is 7.31. The maximum absolute atomic E-state index is 9.55. The van der Waals surface area contributed by atoms with Crippen molar-refractivity contribution in [2.45, 2.75) is 36.2 Å². The highest BCUT2D eigenvalue weighted by Gasteiger charge is 2.28. The summed E-state index contributed by atoms with van der Waals surface area (Å²) < 4.78 is 0. The van der Waals surface area contributed by atoms with E-state index >= 15 is 0 Å². The van der Waals surface area contributed by atoms with Gasteiger partial charge in [0, 0.05) is 21.9 Å². The minimum atomic E-state index is -1.26. The third kappa shape index (κ3) is 5.86. The zero-order chi connectivity index (χ0) is 22.1. The molecule has 156 valence electrons. The van der Waals surface area contributed by atoms with Crippen LogP contribution in [0.2, 0.25) is 0 Å². The molecule has 8 heteroatoms. The normalized spacial score (nSPS) is 12.8. The van der Waals surface area contributed by atoms with Crippen LogP contribution in [0.25, 0.3) is 0 Å². The Morgan fingerprint density at radius 1 is 1.10 bits per heavy atom. The van der Waals surface area contributed by atoms with Crippen LogP contribution >= 0.6 is 11.8 Å². The van der Waals surface area contributed by atoms with Gasteiger partial charge in [0.25, 0.3) is 0 Å². The topological polar surface area (TPSA) is 114 Å². The van der Waals surface area contributed by atoms with Crippen LogP contribution < -0.4 is 10.2 Å². The van der Waals surface area contributed by atoms with Crippen molar-refractivity contribution in [2.75, 3.05) is 11.4 Å². The first-order chi connectivity index (χ1) is 14.4. The Balaban J connectivity index is 0.000000343. The van der Waals surface area contributed by atoms with E-state index in [2.05, 4.69) is 60.5 Å². The number of benzene rings is 2. The number of hydrogen-bond acceptors (Lipinski definition) is 6. The summed E-state index contributed by atoms with van der Waals surface area (Å²) in [5.41, 5.74) is 3.04. The van der Waals surface area contributed by atoms with Crippen LogP contribution in [0.15, 0.2) is 64.4 Å². The smallest absolute Gasteiger partial charge is 0.328 e. The number of rotatable bonds is 6. The van der Waals surface area contributed by atoms with Crippen LogP contribution in [0, 0.1) is 11.3 Å². The number of hydrogen-bond donors (Lipinski definition) is 3. The maximum atomic E-state index is 9.55. The van der Waals surface area contributed by atoms with Gasteiger partial charge in [-0.1, -0.05) is 37.7 Å². The zero-order valence-electron chi connectivity index (χ0n) is 16.7. The summed E-state index contributed by atoms with van der Waals surface area (Å²) in [6.07, 6.45) is 2.33. The van der Waals surface area contributed by atoms with Gasteiger partial charge in [-0.05, 0) is 43.3 Å². The molecule has 0 amide bonds. The number of nitriles is 1. The van der Waals surface area contributed by atoms with E-state index in [-0.39, 0.29) is 6.17 Å². The molecule has 3 N–H and O–H groups in total. The van der Waals surface area contributed by atoms with Crippen molar-refractivity contribution < 1.29 is 19.8 Å². The third-order valence-corrected chi connectivity index (χ3v) is 5.33. The summed E-state index contributed by atoms with van der Waals surface area (Å²) in [6.45, 7) is 5.23. The van der Waals surface area contributed by atoms with Gasteiger partial charge in [-0.15, -0.1) is 0 Å². The fraction of sp³-hybridized carbons (Fsp3) is 0.227. The molecule has 2 aromatic rings. The predicted octanol–water partition coefficient (Wildman–Crippen LogP) is 4.22. The van der Waals surface area contributed by atoms with Gasteiger partial charge in [0.05, 0.1) is 29.2 Å². The minimum absolute atomic E-state index is 0.222. The summed E-state index contributed by atoms with van der Waals surface area (Å²) in [5.74, 6) is -2.51. The highest BCUT2D eigenvalue weighted by molar-refractivity contribution is 7.99. The van der Waals surface area contributed by atoms with E-state index in [0.717, 1.165) is 18.7 Å². The molecule has 0 saturated heterocycles. The van der Waals surface area contributed by atoms with Crippen LogP contribution in [0.3, 0.4) is 0 Å². The van der Waals surface area contributed by atoms with Crippen molar-refractivity contribution in [1.29, 1.82) is 5.26 Å². The van der Waals surface area contributed by atoms with E-state index in [9.17, 15) is 14.9 Å². The number of aliphatic carboxylic acids is 2. The molecule has 30 heavy (non-hydrogen) atoms. The molecule has 0 saturated carbocycles. The Bertz CT molecular complexity index is 969. The largest absolute Gasteiger partial charge is 0.478 e. The van der Waals surface area contributed by atoms with E-state index in [1.165, 1.54) is 15.5 Å².